The van der Waals surface area contributed by atoms with E-state index in [1.165, 1.54) is 17.3 Å². The summed E-state index contributed by atoms with van der Waals surface area (Å²) < 4.78 is 1.27. The summed E-state index contributed by atoms with van der Waals surface area (Å²) in [4.78, 5) is 26.8. The van der Waals surface area contributed by atoms with Gasteiger partial charge in [-0.15, -0.1) is 0 Å². The SMILES string of the molecule is Cc1[nH]n(-c2ncnc3nc[nH]c23)c(=O)c1N. The van der Waals surface area contributed by atoms with Crippen molar-refractivity contribution < 1.29 is 0 Å². The van der Waals surface area contributed by atoms with E-state index in [0.29, 0.717) is 22.7 Å². The summed E-state index contributed by atoms with van der Waals surface area (Å²) >= 11 is 0. The Morgan fingerprint density at radius 3 is 2.88 bits per heavy atom. The molecule has 0 aromatic carbocycles. The number of hydrogen-bond donors (Lipinski definition) is 3. The number of aryl methyl sites for hydroxylation is 1. The minimum atomic E-state index is -0.336. The van der Waals surface area contributed by atoms with Crippen LogP contribution in [0.25, 0.3) is 17.0 Å². The number of H-pyrrole nitrogens is 2. The van der Waals surface area contributed by atoms with Crippen molar-refractivity contribution in [1.82, 2.24) is 29.7 Å². The van der Waals surface area contributed by atoms with Crippen LogP contribution in [0.3, 0.4) is 0 Å². The standard InChI is InChI=1S/C9H9N7O/c1-4-5(10)9(17)16(15-4)8-6-7(12-2-11-6)13-3-14-8/h2-3,15H,10H2,1H3,(H,11,12,13,14). The summed E-state index contributed by atoms with van der Waals surface area (Å²) in [5, 5.41) is 2.85. The summed E-state index contributed by atoms with van der Waals surface area (Å²) in [6, 6.07) is 0. The van der Waals surface area contributed by atoms with E-state index < -0.39 is 0 Å². The van der Waals surface area contributed by atoms with Gasteiger partial charge in [0.1, 0.15) is 17.5 Å². The molecule has 0 unspecified atom stereocenters. The Bertz CT molecular complexity index is 750. The summed E-state index contributed by atoms with van der Waals surface area (Å²) in [5.74, 6) is 0.400. The maximum atomic E-state index is 11.9. The molecule has 0 aliphatic rings. The van der Waals surface area contributed by atoms with E-state index in [1.54, 1.807) is 6.92 Å². The quantitative estimate of drug-likeness (QED) is 0.532. The number of nitrogen functional groups attached to an aromatic ring is 1. The molecule has 8 nitrogen and oxygen atoms in total. The van der Waals surface area contributed by atoms with Gasteiger partial charge in [0.15, 0.2) is 11.5 Å². The minimum absolute atomic E-state index is 0.177. The molecule has 0 fully saturated rings. The van der Waals surface area contributed by atoms with Crippen LogP contribution in [0.1, 0.15) is 5.69 Å². The van der Waals surface area contributed by atoms with E-state index >= 15 is 0 Å². The number of nitrogens with two attached hydrogens (primary N) is 1. The highest BCUT2D eigenvalue weighted by molar-refractivity contribution is 5.77. The monoisotopic (exact) mass is 231 g/mol. The van der Waals surface area contributed by atoms with Crippen molar-refractivity contribution in [1.29, 1.82) is 0 Å². The fraction of sp³-hybridized carbons (Fsp3) is 0.111. The molecule has 0 aliphatic heterocycles. The normalized spacial score (nSPS) is 11.1. The molecule has 8 heteroatoms. The Labute approximate surface area is 94.5 Å². The number of aromatic nitrogens is 6. The number of anilines is 1. The lowest BCUT2D eigenvalue weighted by molar-refractivity contribution is 0.809. The van der Waals surface area contributed by atoms with Crippen molar-refractivity contribution in [3.05, 3.63) is 28.7 Å². The number of nitrogens with one attached hydrogen (secondary N) is 2. The van der Waals surface area contributed by atoms with Crippen molar-refractivity contribution >= 4 is 16.9 Å². The Balaban J connectivity index is 2.38. The highest BCUT2D eigenvalue weighted by Crippen LogP contribution is 2.13. The number of nitrogens with zero attached hydrogens (tertiary/aromatic N) is 4. The van der Waals surface area contributed by atoms with Crippen LogP contribution in [0.4, 0.5) is 5.69 Å². The predicted octanol–water partition coefficient (Wildman–Crippen LogP) is -0.277. The van der Waals surface area contributed by atoms with Crippen LogP contribution < -0.4 is 11.3 Å². The van der Waals surface area contributed by atoms with Crippen molar-refractivity contribution in [3.63, 3.8) is 0 Å². The van der Waals surface area contributed by atoms with Gasteiger partial charge in [-0.1, -0.05) is 0 Å². The molecule has 4 N–H and O–H groups in total. The van der Waals surface area contributed by atoms with Gasteiger partial charge in [-0.25, -0.2) is 15.0 Å². The first kappa shape index (κ1) is 9.58. The molecule has 0 radical (unpaired) electrons. The molecule has 86 valence electrons. The average Bonchev–Trinajstić information content (AvgIpc) is 2.89. The molecule has 3 aromatic heterocycles. The second-order valence-electron chi connectivity index (χ2n) is 3.59. The van der Waals surface area contributed by atoms with E-state index in [2.05, 4.69) is 25.0 Å². The Kier molecular flexibility index (Phi) is 1.79. The third kappa shape index (κ3) is 1.24. The van der Waals surface area contributed by atoms with Gasteiger partial charge in [0, 0.05) is 0 Å². The van der Waals surface area contributed by atoms with Gasteiger partial charge in [0.2, 0.25) is 0 Å². The van der Waals surface area contributed by atoms with Gasteiger partial charge in [-0.3, -0.25) is 9.89 Å². The van der Waals surface area contributed by atoms with Crippen molar-refractivity contribution in [2.45, 2.75) is 6.92 Å². The molecule has 3 rings (SSSR count). The largest absolute Gasteiger partial charge is 0.393 e. The predicted molar refractivity (Wildman–Crippen MR) is 60.8 cm³/mol. The lowest BCUT2D eigenvalue weighted by Crippen LogP contribution is -2.18. The molecule has 0 spiro atoms. The maximum Gasteiger partial charge on any atom is 0.296 e. The minimum Gasteiger partial charge on any atom is -0.393 e. The van der Waals surface area contributed by atoms with Crippen LogP contribution in [-0.2, 0) is 0 Å². The molecule has 0 saturated heterocycles. The zero-order valence-corrected chi connectivity index (χ0v) is 8.93. The van der Waals surface area contributed by atoms with Gasteiger partial charge in [-0.05, 0) is 6.92 Å². The molecule has 3 aromatic rings. The molecule has 0 saturated carbocycles. The number of hydrogen-bond acceptors (Lipinski definition) is 5. The van der Waals surface area contributed by atoms with Crippen molar-refractivity contribution in [2.24, 2.45) is 0 Å². The fourth-order valence-corrected chi connectivity index (χ4v) is 1.63. The number of rotatable bonds is 1. The lowest BCUT2D eigenvalue weighted by atomic mass is 10.4. The van der Waals surface area contributed by atoms with Crippen LogP contribution in [0, 0.1) is 6.92 Å². The average molecular weight is 231 g/mol. The van der Waals surface area contributed by atoms with Crippen LogP contribution in [-0.4, -0.2) is 29.7 Å². The number of aromatic amines is 2. The number of fused-ring (bicyclic) bond motifs is 1. The van der Waals surface area contributed by atoms with E-state index in [1.807, 2.05) is 0 Å². The highest BCUT2D eigenvalue weighted by Gasteiger charge is 2.14. The highest BCUT2D eigenvalue weighted by atomic mass is 16.1. The van der Waals surface area contributed by atoms with Crippen LogP contribution in [0.5, 0.6) is 0 Å². The van der Waals surface area contributed by atoms with Crippen LogP contribution in [0.15, 0.2) is 17.4 Å². The molecule has 0 atom stereocenters. The van der Waals surface area contributed by atoms with Crippen LogP contribution >= 0.6 is 0 Å². The van der Waals surface area contributed by atoms with Gasteiger partial charge in [0.05, 0.1) is 12.0 Å². The van der Waals surface area contributed by atoms with Crippen molar-refractivity contribution in [3.8, 4) is 5.82 Å². The van der Waals surface area contributed by atoms with Gasteiger partial charge < -0.3 is 10.7 Å². The van der Waals surface area contributed by atoms with Crippen LogP contribution in [0.2, 0.25) is 0 Å². The third-order valence-electron chi connectivity index (χ3n) is 2.53. The Morgan fingerprint density at radius 2 is 2.18 bits per heavy atom. The van der Waals surface area contributed by atoms with E-state index in [-0.39, 0.29) is 11.2 Å². The second kappa shape index (κ2) is 3.17. The summed E-state index contributed by atoms with van der Waals surface area (Å²) in [7, 11) is 0. The Morgan fingerprint density at radius 1 is 1.35 bits per heavy atom. The first-order valence-corrected chi connectivity index (χ1v) is 4.90. The van der Waals surface area contributed by atoms with Gasteiger partial charge >= 0.3 is 0 Å². The maximum absolute atomic E-state index is 11.9. The molecular weight excluding hydrogens is 222 g/mol. The Hall–Kier alpha value is -2.64. The van der Waals surface area contributed by atoms with E-state index in [9.17, 15) is 4.79 Å². The van der Waals surface area contributed by atoms with Gasteiger partial charge in [-0.2, -0.15) is 4.68 Å². The molecule has 0 aliphatic carbocycles. The first-order chi connectivity index (χ1) is 8.18. The van der Waals surface area contributed by atoms with E-state index in [0.717, 1.165) is 0 Å². The molecule has 0 bridgehead atoms. The molecule has 17 heavy (non-hydrogen) atoms. The second-order valence-corrected chi connectivity index (χ2v) is 3.59. The fourth-order valence-electron chi connectivity index (χ4n) is 1.63. The van der Waals surface area contributed by atoms with Gasteiger partial charge in [0.25, 0.3) is 5.56 Å². The molecule has 3 heterocycles. The van der Waals surface area contributed by atoms with E-state index in [4.69, 9.17) is 5.73 Å². The molecular formula is C9H9N7O. The summed E-state index contributed by atoms with van der Waals surface area (Å²) in [5.41, 5.74) is 7.14. The summed E-state index contributed by atoms with van der Waals surface area (Å²) in [6.07, 6.45) is 2.84. The topological polar surface area (TPSA) is 118 Å². The molecule has 0 amide bonds. The smallest absolute Gasteiger partial charge is 0.296 e. The zero-order valence-electron chi connectivity index (χ0n) is 8.93. The summed E-state index contributed by atoms with van der Waals surface area (Å²) in [6.45, 7) is 1.72. The number of imidazole rings is 1. The zero-order chi connectivity index (χ0) is 12.0. The lowest BCUT2D eigenvalue weighted by Gasteiger charge is -2.00. The third-order valence-corrected chi connectivity index (χ3v) is 2.53. The first-order valence-electron chi connectivity index (χ1n) is 4.90. The van der Waals surface area contributed by atoms with Crippen molar-refractivity contribution in [2.75, 3.05) is 5.73 Å².